The van der Waals surface area contributed by atoms with Gasteiger partial charge in [-0.2, -0.15) is 11.8 Å². The topological polar surface area (TPSA) is 18.5 Å². The monoisotopic (exact) mass is 406 g/mol. The summed E-state index contributed by atoms with van der Waals surface area (Å²) in [6.07, 6.45) is 10.1. The lowest BCUT2D eigenvalue weighted by molar-refractivity contribution is 0.302. The molecular formula is C20H46O2SSi2. The highest BCUT2D eigenvalue weighted by Crippen LogP contribution is 2.37. The lowest BCUT2D eigenvalue weighted by Crippen LogP contribution is -2.49. The fourth-order valence-corrected chi connectivity index (χ4v) is 12.1. The van der Waals surface area contributed by atoms with Gasteiger partial charge < -0.3 is 8.85 Å². The van der Waals surface area contributed by atoms with Crippen molar-refractivity contribution in [3.63, 3.8) is 0 Å². The SMILES string of the molecule is CCCCC(SC(CCCC)[Si](C)(C)OCCC)[Si](C)(C)OCCC. The van der Waals surface area contributed by atoms with Crippen LogP contribution in [0.15, 0.2) is 0 Å². The molecule has 0 spiro atoms. The van der Waals surface area contributed by atoms with Crippen LogP contribution in [0.5, 0.6) is 0 Å². The summed E-state index contributed by atoms with van der Waals surface area (Å²) in [6, 6.07) is 0. The predicted octanol–water partition coefficient (Wildman–Crippen LogP) is 7.18. The van der Waals surface area contributed by atoms with Crippen LogP contribution < -0.4 is 0 Å². The third kappa shape index (κ3) is 10.6. The van der Waals surface area contributed by atoms with E-state index in [0.717, 1.165) is 26.1 Å². The van der Waals surface area contributed by atoms with E-state index in [1.54, 1.807) is 0 Å². The Bertz CT molecular complexity index is 295. The highest BCUT2D eigenvalue weighted by atomic mass is 32.2. The zero-order chi connectivity index (χ0) is 19.3. The Kier molecular flexibility index (Phi) is 14.2. The molecule has 2 atom stereocenters. The first kappa shape index (κ1) is 25.7. The van der Waals surface area contributed by atoms with Gasteiger partial charge in [-0.3, -0.25) is 0 Å². The van der Waals surface area contributed by atoms with E-state index in [1.165, 1.54) is 38.5 Å². The van der Waals surface area contributed by atoms with E-state index < -0.39 is 16.6 Å². The molecule has 0 heterocycles. The maximum atomic E-state index is 6.43. The molecule has 0 aliphatic heterocycles. The van der Waals surface area contributed by atoms with Crippen LogP contribution in [-0.4, -0.2) is 39.6 Å². The molecule has 152 valence electrons. The maximum absolute atomic E-state index is 6.43. The highest BCUT2D eigenvalue weighted by Gasteiger charge is 2.41. The van der Waals surface area contributed by atoms with Gasteiger partial charge in [0.15, 0.2) is 16.6 Å². The fourth-order valence-electron chi connectivity index (χ4n) is 3.05. The smallest absolute Gasteiger partial charge is 0.199 e. The van der Waals surface area contributed by atoms with Gasteiger partial charge in [-0.05, 0) is 51.9 Å². The summed E-state index contributed by atoms with van der Waals surface area (Å²) >= 11 is 2.26. The van der Waals surface area contributed by atoms with E-state index in [1.807, 2.05) is 0 Å². The van der Waals surface area contributed by atoms with Crippen molar-refractivity contribution < 1.29 is 8.85 Å². The molecule has 0 fully saturated rings. The van der Waals surface area contributed by atoms with Gasteiger partial charge in [0, 0.05) is 23.0 Å². The first-order valence-corrected chi connectivity index (χ1v) is 17.6. The standard InChI is InChI=1S/C20H46O2SSi2/c1-9-13-15-19(24(5,6)21-17-11-3)23-20(16-14-10-2)25(7,8)22-18-12-4/h19-20H,9-18H2,1-8H3. The minimum absolute atomic E-state index is 0.692. The maximum Gasteiger partial charge on any atom is 0.199 e. The second kappa shape index (κ2) is 13.8. The van der Waals surface area contributed by atoms with Crippen LogP contribution in [-0.2, 0) is 8.85 Å². The van der Waals surface area contributed by atoms with E-state index in [0.29, 0.717) is 9.75 Å². The molecule has 0 N–H and O–H groups in total. The Morgan fingerprint density at radius 3 is 1.28 bits per heavy atom. The zero-order valence-electron chi connectivity index (χ0n) is 18.5. The van der Waals surface area contributed by atoms with Gasteiger partial charge in [-0.15, -0.1) is 0 Å². The van der Waals surface area contributed by atoms with E-state index in [9.17, 15) is 0 Å². The second-order valence-corrected chi connectivity index (χ2v) is 18.9. The zero-order valence-corrected chi connectivity index (χ0v) is 21.3. The van der Waals surface area contributed by atoms with Crippen molar-refractivity contribution in [2.45, 2.75) is 115 Å². The average molecular weight is 407 g/mol. The molecule has 0 aromatic heterocycles. The number of thioether (sulfide) groups is 1. The molecule has 0 saturated carbocycles. The molecule has 25 heavy (non-hydrogen) atoms. The quantitative estimate of drug-likeness (QED) is 0.253. The van der Waals surface area contributed by atoms with E-state index in [2.05, 4.69) is 65.6 Å². The van der Waals surface area contributed by atoms with Crippen molar-refractivity contribution in [2.24, 2.45) is 0 Å². The molecular weight excluding hydrogens is 360 g/mol. The Hall–Kier alpha value is 0.704. The van der Waals surface area contributed by atoms with Gasteiger partial charge >= 0.3 is 0 Å². The first-order valence-electron chi connectivity index (χ1n) is 10.7. The number of hydrogen-bond acceptors (Lipinski definition) is 3. The van der Waals surface area contributed by atoms with Crippen LogP contribution in [0.1, 0.15) is 79.1 Å². The van der Waals surface area contributed by atoms with Crippen molar-refractivity contribution >= 4 is 28.4 Å². The van der Waals surface area contributed by atoms with Crippen LogP contribution in [0.2, 0.25) is 26.2 Å². The Morgan fingerprint density at radius 2 is 1.00 bits per heavy atom. The van der Waals surface area contributed by atoms with Crippen LogP contribution in [0, 0.1) is 0 Å². The normalized spacial score (nSPS) is 15.4. The molecule has 0 aromatic rings. The lowest BCUT2D eigenvalue weighted by atomic mass is 10.3. The molecule has 0 saturated heterocycles. The van der Waals surface area contributed by atoms with Gasteiger partial charge in [0.25, 0.3) is 0 Å². The predicted molar refractivity (Wildman–Crippen MR) is 122 cm³/mol. The summed E-state index contributed by atoms with van der Waals surface area (Å²) in [5.74, 6) is 0. The molecule has 0 rings (SSSR count). The largest absolute Gasteiger partial charge is 0.416 e. The molecule has 5 heteroatoms. The minimum Gasteiger partial charge on any atom is -0.416 e. The Balaban J connectivity index is 5.21. The third-order valence-corrected chi connectivity index (χ3v) is 15.8. The summed E-state index contributed by atoms with van der Waals surface area (Å²) < 4.78 is 12.9. The molecule has 0 radical (unpaired) electrons. The van der Waals surface area contributed by atoms with Crippen LogP contribution >= 0.6 is 11.8 Å². The fraction of sp³-hybridized carbons (Fsp3) is 1.00. The van der Waals surface area contributed by atoms with Crippen molar-refractivity contribution in [1.82, 2.24) is 0 Å². The summed E-state index contributed by atoms with van der Waals surface area (Å²) in [5.41, 5.74) is 0. The molecule has 2 unspecified atom stereocenters. The summed E-state index contributed by atoms with van der Waals surface area (Å²) in [4.78, 5) is 1.38. The van der Waals surface area contributed by atoms with E-state index >= 15 is 0 Å². The minimum atomic E-state index is -1.67. The lowest BCUT2D eigenvalue weighted by Gasteiger charge is -2.39. The molecule has 0 bridgehead atoms. The van der Waals surface area contributed by atoms with Gasteiger partial charge in [0.1, 0.15) is 0 Å². The third-order valence-electron chi connectivity index (χ3n) is 4.88. The number of unbranched alkanes of at least 4 members (excludes halogenated alkanes) is 2. The van der Waals surface area contributed by atoms with Gasteiger partial charge in [-0.1, -0.05) is 53.4 Å². The molecule has 0 amide bonds. The van der Waals surface area contributed by atoms with E-state index in [4.69, 9.17) is 8.85 Å². The molecule has 0 aromatic carbocycles. The van der Waals surface area contributed by atoms with Crippen molar-refractivity contribution in [3.8, 4) is 0 Å². The van der Waals surface area contributed by atoms with Crippen molar-refractivity contribution in [3.05, 3.63) is 0 Å². The Labute approximate surface area is 165 Å². The number of hydrogen-bond donors (Lipinski definition) is 0. The number of rotatable bonds is 16. The molecule has 2 nitrogen and oxygen atoms in total. The molecule has 0 aliphatic carbocycles. The van der Waals surface area contributed by atoms with Crippen LogP contribution in [0.4, 0.5) is 0 Å². The van der Waals surface area contributed by atoms with Crippen molar-refractivity contribution in [2.75, 3.05) is 13.2 Å². The van der Waals surface area contributed by atoms with Crippen LogP contribution in [0.3, 0.4) is 0 Å². The summed E-state index contributed by atoms with van der Waals surface area (Å²) in [7, 11) is -3.35. The highest BCUT2D eigenvalue weighted by molar-refractivity contribution is 8.03. The van der Waals surface area contributed by atoms with Crippen molar-refractivity contribution in [1.29, 1.82) is 0 Å². The van der Waals surface area contributed by atoms with Gasteiger partial charge in [0.2, 0.25) is 0 Å². The van der Waals surface area contributed by atoms with Gasteiger partial charge in [-0.25, -0.2) is 0 Å². The summed E-state index contributed by atoms with van der Waals surface area (Å²) in [5, 5.41) is 0. The van der Waals surface area contributed by atoms with E-state index in [-0.39, 0.29) is 0 Å². The van der Waals surface area contributed by atoms with Crippen LogP contribution in [0.25, 0.3) is 0 Å². The average Bonchev–Trinajstić information content (AvgIpc) is 2.57. The molecule has 0 aliphatic rings. The Morgan fingerprint density at radius 1 is 0.640 bits per heavy atom. The van der Waals surface area contributed by atoms with Gasteiger partial charge in [0.05, 0.1) is 0 Å². The second-order valence-electron chi connectivity index (χ2n) is 8.30. The first-order chi connectivity index (χ1) is 11.7. The summed E-state index contributed by atoms with van der Waals surface area (Å²) in [6.45, 7) is 20.7.